The summed E-state index contributed by atoms with van der Waals surface area (Å²) in [4.78, 5) is 19.2. The molecule has 186 valence electrons. The van der Waals surface area contributed by atoms with Crippen LogP contribution in [0, 0.1) is 5.82 Å². The Hall–Kier alpha value is -3.24. The van der Waals surface area contributed by atoms with E-state index in [0.717, 1.165) is 18.4 Å². The third-order valence-corrected chi connectivity index (χ3v) is 8.78. The molecule has 5 rings (SSSR count). The molecule has 2 aromatic carbocycles. The van der Waals surface area contributed by atoms with Crippen molar-refractivity contribution in [3.8, 4) is 0 Å². The number of likely N-dealkylation sites (tertiary alicyclic amines) is 1. The molecular weight excluding hydrogens is 487 g/mol. The number of carbonyl (C=O) groups is 1. The summed E-state index contributed by atoms with van der Waals surface area (Å²) in [7, 11) is -3.68. The number of benzene rings is 2. The van der Waals surface area contributed by atoms with Crippen molar-refractivity contribution < 1.29 is 20.5 Å². The number of fused-ring (bicyclic) bond motifs is 1. The van der Waals surface area contributed by atoms with Gasteiger partial charge in [0.2, 0.25) is 5.91 Å². The second kappa shape index (κ2) is 9.43. The standard InChI is InChI=1S/C25H25FN4O3S2.2H2/c1-17(30-15-11-21-22(26)3-2-4-23(21)30)24(31)29-13-9-19(10-14-29)18-5-7-20(8-6-18)35(32,33)28-25-27-12-16-34-25;;/h2-8,11-12,15-17,19H,9-10,13-14H2,1H3,(H,27,28);2*1H/t17-;;/m1../s1. The number of thiazole rings is 1. The molecule has 1 fully saturated rings. The number of sulfonamides is 1. The quantitative estimate of drug-likeness (QED) is 0.367. The van der Waals surface area contributed by atoms with Crippen LogP contribution in [0.5, 0.6) is 0 Å². The maximum absolute atomic E-state index is 14.0. The van der Waals surface area contributed by atoms with Crippen LogP contribution >= 0.6 is 11.3 Å². The van der Waals surface area contributed by atoms with Gasteiger partial charge in [0.15, 0.2) is 5.13 Å². The number of nitrogens with zero attached hydrogens (tertiary/aromatic N) is 3. The van der Waals surface area contributed by atoms with Gasteiger partial charge in [0.25, 0.3) is 10.0 Å². The fraction of sp³-hybridized carbons (Fsp3) is 0.280. The lowest BCUT2D eigenvalue weighted by Crippen LogP contribution is -2.41. The number of nitrogens with one attached hydrogen (secondary N) is 1. The SMILES string of the molecule is C[C@H](C(=O)N1CCC(c2ccc(S(=O)(=O)Nc3nccs3)cc2)CC1)n1ccc2c(F)cccc21.[HH].[HH]. The van der Waals surface area contributed by atoms with Crippen molar-refractivity contribution in [1.82, 2.24) is 14.5 Å². The predicted octanol–water partition coefficient (Wildman–Crippen LogP) is 5.50. The first kappa shape index (κ1) is 23.5. The summed E-state index contributed by atoms with van der Waals surface area (Å²) in [6, 6.07) is 13.1. The van der Waals surface area contributed by atoms with E-state index in [1.54, 1.807) is 42.0 Å². The third-order valence-electron chi connectivity index (χ3n) is 6.61. The number of halogens is 1. The number of hydrogen-bond acceptors (Lipinski definition) is 5. The van der Waals surface area contributed by atoms with Crippen molar-refractivity contribution in [2.24, 2.45) is 0 Å². The Morgan fingerprint density at radius 3 is 2.60 bits per heavy atom. The van der Waals surface area contributed by atoms with E-state index in [1.807, 2.05) is 34.6 Å². The van der Waals surface area contributed by atoms with Crippen LogP contribution in [0.4, 0.5) is 9.52 Å². The van der Waals surface area contributed by atoms with Crippen molar-refractivity contribution >= 4 is 43.3 Å². The van der Waals surface area contributed by atoms with Crippen LogP contribution in [-0.2, 0) is 14.8 Å². The zero-order valence-corrected chi connectivity index (χ0v) is 20.7. The Kier molecular flexibility index (Phi) is 6.33. The summed E-state index contributed by atoms with van der Waals surface area (Å²) in [5, 5.41) is 2.55. The predicted molar refractivity (Wildman–Crippen MR) is 139 cm³/mol. The minimum absolute atomic E-state index is 0. The molecule has 3 heterocycles. The summed E-state index contributed by atoms with van der Waals surface area (Å²) < 4.78 is 43.5. The van der Waals surface area contributed by atoms with Gasteiger partial charge in [0, 0.05) is 39.1 Å². The van der Waals surface area contributed by atoms with E-state index in [0.29, 0.717) is 29.1 Å². The second-order valence-electron chi connectivity index (χ2n) is 8.68. The van der Waals surface area contributed by atoms with Crippen molar-refractivity contribution in [2.45, 2.75) is 36.6 Å². The smallest absolute Gasteiger partial charge is 0.263 e. The highest BCUT2D eigenvalue weighted by atomic mass is 32.2. The molecule has 1 aliphatic rings. The van der Waals surface area contributed by atoms with Gasteiger partial charge in [0.05, 0.1) is 10.4 Å². The highest BCUT2D eigenvalue weighted by molar-refractivity contribution is 7.93. The van der Waals surface area contributed by atoms with Crippen LogP contribution < -0.4 is 4.72 Å². The largest absolute Gasteiger partial charge is 0.341 e. The molecule has 0 radical (unpaired) electrons. The number of rotatable bonds is 6. The molecule has 7 nitrogen and oxygen atoms in total. The molecule has 10 heteroatoms. The van der Waals surface area contributed by atoms with Crippen LogP contribution in [0.2, 0.25) is 0 Å². The highest BCUT2D eigenvalue weighted by Gasteiger charge is 2.28. The zero-order valence-electron chi connectivity index (χ0n) is 19.1. The van der Waals surface area contributed by atoms with E-state index in [9.17, 15) is 17.6 Å². The average molecular weight is 517 g/mol. The first-order valence-electron chi connectivity index (χ1n) is 11.4. The van der Waals surface area contributed by atoms with Crippen molar-refractivity contribution in [1.29, 1.82) is 0 Å². The summed E-state index contributed by atoms with van der Waals surface area (Å²) in [5.41, 5.74) is 1.77. The first-order valence-corrected chi connectivity index (χ1v) is 13.8. The fourth-order valence-electron chi connectivity index (χ4n) is 4.67. The molecule has 1 N–H and O–H groups in total. The summed E-state index contributed by atoms with van der Waals surface area (Å²) in [5.74, 6) is -0.0287. The first-order chi connectivity index (χ1) is 16.8. The summed E-state index contributed by atoms with van der Waals surface area (Å²) in [6.07, 6.45) is 4.90. The molecule has 35 heavy (non-hydrogen) atoms. The van der Waals surface area contributed by atoms with Gasteiger partial charge in [-0.15, -0.1) is 11.3 Å². The second-order valence-corrected chi connectivity index (χ2v) is 11.3. The molecule has 2 aromatic heterocycles. The van der Waals surface area contributed by atoms with E-state index in [2.05, 4.69) is 9.71 Å². The van der Waals surface area contributed by atoms with Crippen molar-refractivity contribution in [3.63, 3.8) is 0 Å². The van der Waals surface area contributed by atoms with Gasteiger partial charge in [-0.3, -0.25) is 9.52 Å². The monoisotopic (exact) mass is 516 g/mol. The Bertz CT molecular complexity index is 1450. The lowest BCUT2D eigenvalue weighted by Gasteiger charge is -2.34. The normalized spacial score (nSPS) is 15.9. The van der Waals surface area contributed by atoms with E-state index < -0.39 is 16.1 Å². The molecule has 1 saturated heterocycles. The van der Waals surface area contributed by atoms with E-state index >= 15 is 0 Å². The molecule has 1 amide bonds. The fourth-order valence-corrected chi connectivity index (χ4v) is 6.46. The highest BCUT2D eigenvalue weighted by Crippen LogP contribution is 2.31. The summed E-state index contributed by atoms with van der Waals surface area (Å²) >= 11 is 1.22. The van der Waals surface area contributed by atoms with Crippen LogP contribution in [0.15, 0.2) is 71.2 Å². The van der Waals surface area contributed by atoms with E-state index in [4.69, 9.17) is 0 Å². The molecule has 0 bridgehead atoms. The number of hydrogen-bond donors (Lipinski definition) is 1. The van der Waals surface area contributed by atoms with Gasteiger partial charge < -0.3 is 9.47 Å². The van der Waals surface area contributed by atoms with Gasteiger partial charge in [-0.25, -0.2) is 17.8 Å². The Balaban J connectivity index is 0.00000190. The van der Waals surface area contributed by atoms with Gasteiger partial charge in [-0.05, 0) is 61.6 Å². The molecule has 0 saturated carbocycles. The maximum atomic E-state index is 14.0. The van der Waals surface area contributed by atoms with E-state index in [-0.39, 0.29) is 25.4 Å². The van der Waals surface area contributed by atoms with Crippen LogP contribution in [0.1, 0.15) is 40.1 Å². The number of anilines is 1. The average Bonchev–Trinajstić information content (AvgIpc) is 3.54. The van der Waals surface area contributed by atoms with Gasteiger partial charge >= 0.3 is 0 Å². The third kappa shape index (κ3) is 4.68. The molecular formula is C25H29FN4O3S2. The topological polar surface area (TPSA) is 84.3 Å². The number of piperidine rings is 1. The lowest BCUT2D eigenvalue weighted by atomic mass is 9.89. The van der Waals surface area contributed by atoms with E-state index in [1.165, 1.54) is 17.4 Å². The van der Waals surface area contributed by atoms with Gasteiger partial charge in [-0.2, -0.15) is 0 Å². The Morgan fingerprint density at radius 2 is 1.91 bits per heavy atom. The van der Waals surface area contributed by atoms with Crippen LogP contribution in [-0.4, -0.2) is 41.9 Å². The molecule has 1 atom stereocenters. The lowest BCUT2D eigenvalue weighted by molar-refractivity contribution is -0.135. The summed E-state index contributed by atoms with van der Waals surface area (Å²) in [6.45, 7) is 3.08. The Labute approximate surface area is 210 Å². The van der Waals surface area contributed by atoms with Gasteiger partial charge in [0.1, 0.15) is 11.9 Å². The molecule has 0 unspecified atom stereocenters. The van der Waals surface area contributed by atoms with Crippen molar-refractivity contribution in [2.75, 3.05) is 17.8 Å². The minimum atomic E-state index is -3.68. The Morgan fingerprint density at radius 1 is 1.17 bits per heavy atom. The number of amides is 1. The maximum Gasteiger partial charge on any atom is 0.263 e. The molecule has 0 spiro atoms. The van der Waals surface area contributed by atoms with Crippen molar-refractivity contribution in [3.05, 3.63) is 77.7 Å². The van der Waals surface area contributed by atoms with Crippen LogP contribution in [0.25, 0.3) is 10.9 Å². The number of aromatic nitrogens is 2. The molecule has 4 aromatic rings. The molecule has 1 aliphatic heterocycles. The molecule has 0 aliphatic carbocycles. The minimum Gasteiger partial charge on any atom is -0.341 e. The van der Waals surface area contributed by atoms with Gasteiger partial charge in [-0.1, -0.05) is 18.2 Å². The zero-order chi connectivity index (χ0) is 24.6. The van der Waals surface area contributed by atoms with Crippen LogP contribution in [0.3, 0.4) is 0 Å². The number of carbonyl (C=O) groups excluding carboxylic acids is 1.